The summed E-state index contributed by atoms with van der Waals surface area (Å²) in [5, 5.41) is 9.29. The molecule has 0 fully saturated rings. The molecule has 0 unspecified atom stereocenters. The number of aromatic nitrogens is 1. The largest absolute Gasteiger partial charge is 0.478 e. The molecular weight excluding hydrogens is 221 g/mol. The van der Waals surface area contributed by atoms with Gasteiger partial charge in [-0.05, 0) is 6.07 Å². The lowest BCUT2D eigenvalue weighted by Gasteiger charge is -1.97. The standard InChI is InChI=1S/C10H7ClFNO2/c1-13-8-5(3-2-4-6(8)12)7(9(13)11)10(14)15/h2-4H,1H3,(H,14,15). The molecule has 2 rings (SSSR count). The van der Waals surface area contributed by atoms with Crippen molar-refractivity contribution in [1.29, 1.82) is 0 Å². The number of aryl methyl sites for hydroxylation is 1. The lowest BCUT2D eigenvalue weighted by molar-refractivity contribution is 0.0699. The molecule has 0 aliphatic heterocycles. The Morgan fingerprint density at radius 3 is 2.80 bits per heavy atom. The van der Waals surface area contributed by atoms with Crippen molar-refractivity contribution in [3.63, 3.8) is 0 Å². The Hall–Kier alpha value is -1.55. The molecule has 5 heteroatoms. The molecule has 0 saturated heterocycles. The lowest BCUT2D eigenvalue weighted by atomic mass is 10.2. The molecule has 78 valence electrons. The fourth-order valence-corrected chi connectivity index (χ4v) is 1.91. The van der Waals surface area contributed by atoms with Gasteiger partial charge in [0.1, 0.15) is 16.5 Å². The van der Waals surface area contributed by atoms with E-state index in [4.69, 9.17) is 16.7 Å². The minimum Gasteiger partial charge on any atom is -0.478 e. The third kappa shape index (κ3) is 1.29. The molecule has 15 heavy (non-hydrogen) atoms. The molecule has 0 radical (unpaired) electrons. The third-order valence-electron chi connectivity index (χ3n) is 2.31. The van der Waals surface area contributed by atoms with E-state index in [-0.39, 0.29) is 16.2 Å². The number of hydrogen-bond donors (Lipinski definition) is 1. The van der Waals surface area contributed by atoms with Crippen LogP contribution >= 0.6 is 11.6 Å². The third-order valence-corrected chi connectivity index (χ3v) is 2.75. The van der Waals surface area contributed by atoms with Crippen molar-refractivity contribution >= 4 is 28.5 Å². The number of benzene rings is 1. The number of nitrogens with zero attached hydrogens (tertiary/aromatic N) is 1. The van der Waals surface area contributed by atoms with Crippen LogP contribution in [0.25, 0.3) is 10.9 Å². The Labute approximate surface area is 89.7 Å². The van der Waals surface area contributed by atoms with Crippen molar-refractivity contribution < 1.29 is 14.3 Å². The molecule has 1 heterocycles. The zero-order valence-corrected chi connectivity index (χ0v) is 8.55. The average molecular weight is 228 g/mol. The zero-order valence-electron chi connectivity index (χ0n) is 7.79. The number of carbonyl (C=O) groups is 1. The Morgan fingerprint density at radius 2 is 2.20 bits per heavy atom. The number of carboxylic acids is 1. The summed E-state index contributed by atoms with van der Waals surface area (Å²) in [6, 6.07) is 4.26. The monoisotopic (exact) mass is 227 g/mol. The maximum absolute atomic E-state index is 13.4. The van der Waals surface area contributed by atoms with E-state index in [2.05, 4.69) is 0 Å². The van der Waals surface area contributed by atoms with Gasteiger partial charge in [-0.1, -0.05) is 23.7 Å². The Morgan fingerprint density at radius 1 is 1.53 bits per heavy atom. The maximum atomic E-state index is 13.4. The van der Waals surface area contributed by atoms with Crippen LogP contribution in [-0.4, -0.2) is 15.6 Å². The van der Waals surface area contributed by atoms with Gasteiger partial charge in [0, 0.05) is 12.4 Å². The van der Waals surface area contributed by atoms with Gasteiger partial charge in [-0.3, -0.25) is 0 Å². The van der Waals surface area contributed by atoms with Crippen LogP contribution in [0.4, 0.5) is 4.39 Å². The van der Waals surface area contributed by atoms with Gasteiger partial charge in [-0.25, -0.2) is 9.18 Å². The maximum Gasteiger partial charge on any atom is 0.339 e. The van der Waals surface area contributed by atoms with Gasteiger partial charge in [-0.15, -0.1) is 0 Å². The second-order valence-electron chi connectivity index (χ2n) is 3.17. The highest BCUT2D eigenvalue weighted by Crippen LogP contribution is 2.30. The van der Waals surface area contributed by atoms with Crippen molar-refractivity contribution in [3.05, 3.63) is 34.7 Å². The second-order valence-corrected chi connectivity index (χ2v) is 3.52. The molecule has 0 amide bonds. The number of aromatic carboxylic acids is 1. The van der Waals surface area contributed by atoms with Gasteiger partial charge in [0.15, 0.2) is 0 Å². The molecule has 1 N–H and O–H groups in total. The summed E-state index contributed by atoms with van der Waals surface area (Å²) in [6.07, 6.45) is 0. The van der Waals surface area contributed by atoms with E-state index < -0.39 is 11.8 Å². The van der Waals surface area contributed by atoms with Crippen LogP contribution in [0.2, 0.25) is 5.15 Å². The van der Waals surface area contributed by atoms with Crippen LogP contribution in [0.3, 0.4) is 0 Å². The molecule has 0 atom stereocenters. The highest BCUT2D eigenvalue weighted by atomic mass is 35.5. The first kappa shape index (κ1) is 9.98. The molecular formula is C10H7ClFNO2. The number of fused-ring (bicyclic) bond motifs is 1. The summed E-state index contributed by atoms with van der Waals surface area (Å²) in [4.78, 5) is 10.9. The first-order valence-electron chi connectivity index (χ1n) is 4.19. The van der Waals surface area contributed by atoms with Crippen molar-refractivity contribution in [2.24, 2.45) is 7.05 Å². The second kappa shape index (κ2) is 3.24. The SMILES string of the molecule is Cn1c(Cl)c(C(=O)O)c2cccc(F)c21. The topological polar surface area (TPSA) is 42.2 Å². The van der Waals surface area contributed by atoms with E-state index in [1.54, 1.807) is 0 Å². The van der Waals surface area contributed by atoms with E-state index >= 15 is 0 Å². The van der Waals surface area contributed by atoms with Crippen molar-refractivity contribution in [1.82, 2.24) is 4.57 Å². The van der Waals surface area contributed by atoms with E-state index in [0.29, 0.717) is 5.39 Å². The van der Waals surface area contributed by atoms with E-state index in [1.807, 2.05) is 0 Å². The fourth-order valence-electron chi connectivity index (χ4n) is 1.64. The van der Waals surface area contributed by atoms with Gasteiger partial charge in [0.25, 0.3) is 0 Å². The van der Waals surface area contributed by atoms with Gasteiger partial charge >= 0.3 is 5.97 Å². The highest BCUT2D eigenvalue weighted by Gasteiger charge is 2.20. The molecule has 0 bridgehead atoms. The Kier molecular flexibility index (Phi) is 2.16. The summed E-state index contributed by atoms with van der Waals surface area (Å²) in [6.45, 7) is 0. The van der Waals surface area contributed by atoms with Crippen LogP contribution < -0.4 is 0 Å². The zero-order chi connectivity index (χ0) is 11.2. The first-order valence-corrected chi connectivity index (χ1v) is 4.57. The number of halogens is 2. The average Bonchev–Trinajstić information content (AvgIpc) is 2.41. The number of carboxylic acid groups (broad SMARTS) is 1. The summed E-state index contributed by atoms with van der Waals surface area (Å²) in [5.41, 5.74) is 0.147. The van der Waals surface area contributed by atoms with E-state index in [9.17, 15) is 9.18 Å². The Bertz CT molecular complexity index is 562. The molecule has 3 nitrogen and oxygen atoms in total. The lowest BCUT2D eigenvalue weighted by Crippen LogP contribution is -1.96. The van der Waals surface area contributed by atoms with Crippen molar-refractivity contribution in [3.8, 4) is 0 Å². The molecule has 1 aromatic carbocycles. The normalized spacial score (nSPS) is 10.9. The predicted molar refractivity (Wildman–Crippen MR) is 54.8 cm³/mol. The van der Waals surface area contributed by atoms with E-state index in [0.717, 1.165) is 0 Å². The molecule has 0 spiro atoms. The Balaban J connectivity index is 3.00. The predicted octanol–water partition coefficient (Wildman–Crippen LogP) is 2.67. The molecule has 0 aliphatic carbocycles. The first-order chi connectivity index (χ1) is 7.04. The summed E-state index contributed by atoms with van der Waals surface area (Å²) in [7, 11) is 1.53. The molecule has 2 aromatic rings. The van der Waals surface area contributed by atoms with Crippen molar-refractivity contribution in [2.45, 2.75) is 0 Å². The number of hydrogen-bond acceptors (Lipinski definition) is 1. The van der Waals surface area contributed by atoms with Crippen LogP contribution in [0.5, 0.6) is 0 Å². The number of para-hydroxylation sites is 1. The van der Waals surface area contributed by atoms with Gasteiger partial charge in [0.05, 0.1) is 5.52 Å². The minimum atomic E-state index is -1.16. The van der Waals surface area contributed by atoms with Crippen LogP contribution in [0.15, 0.2) is 18.2 Å². The summed E-state index contributed by atoms with van der Waals surface area (Å²) in [5.74, 6) is -1.64. The molecule has 0 saturated carbocycles. The quantitative estimate of drug-likeness (QED) is 0.814. The van der Waals surface area contributed by atoms with Crippen LogP contribution in [-0.2, 0) is 7.05 Å². The van der Waals surface area contributed by atoms with Crippen molar-refractivity contribution in [2.75, 3.05) is 0 Å². The molecule has 0 aliphatic rings. The van der Waals surface area contributed by atoms with E-state index in [1.165, 1.54) is 29.8 Å². The summed E-state index contributed by atoms with van der Waals surface area (Å²) < 4.78 is 14.8. The number of rotatable bonds is 1. The van der Waals surface area contributed by atoms with Gasteiger partial charge in [0.2, 0.25) is 0 Å². The smallest absolute Gasteiger partial charge is 0.339 e. The highest BCUT2D eigenvalue weighted by molar-refractivity contribution is 6.35. The fraction of sp³-hybridized carbons (Fsp3) is 0.100. The minimum absolute atomic E-state index is 0.0302. The van der Waals surface area contributed by atoms with Crippen LogP contribution in [0.1, 0.15) is 10.4 Å². The van der Waals surface area contributed by atoms with Gasteiger partial charge in [-0.2, -0.15) is 0 Å². The molecule has 1 aromatic heterocycles. The van der Waals surface area contributed by atoms with Gasteiger partial charge < -0.3 is 9.67 Å². The van der Waals surface area contributed by atoms with Crippen LogP contribution in [0, 0.1) is 5.82 Å². The summed E-state index contributed by atoms with van der Waals surface area (Å²) >= 11 is 5.82.